The molecule has 0 saturated carbocycles. The first-order chi connectivity index (χ1) is 46.3. The molecule has 0 amide bonds. The molecular weight excluding hydrogens is 1370 g/mol. The zero-order chi connectivity index (χ0) is 70.3. The predicted octanol–water partition coefficient (Wildman–Crippen LogP) is 15.3. The fourth-order valence-electron chi connectivity index (χ4n) is 14.7. The summed E-state index contributed by atoms with van der Waals surface area (Å²) in [5.74, 6) is 0.634. The van der Waals surface area contributed by atoms with Crippen LogP contribution in [0.25, 0.3) is 9.69 Å². The van der Waals surface area contributed by atoms with E-state index in [4.69, 9.17) is 32.1 Å². The number of allylic oxidation sites excluding steroid dienone is 8. The van der Waals surface area contributed by atoms with E-state index in [2.05, 4.69) is 147 Å². The van der Waals surface area contributed by atoms with Crippen molar-refractivity contribution >= 4 is 121 Å². The van der Waals surface area contributed by atoms with Crippen LogP contribution in [-0.2, 0) is 38.1 Å². The zero-order valence-corrected chi connectivity index (χ0v) is 65.1. The molecule has 0 atom stereocenters. The summed E-state index contributed by atoms with van der Waals surface area (Å²) in [7, 11) is 0. The van der Waals surface area contributed by atoms with Crippen LogP contribution in [-0.4, -0.2) is 168 Å². The van der Waals surface area contributed by atoms with Crippen LogP contribution in [0.3, 0.4) is 0 Å². The summed E-state index contributed by atoms with van der Waals surface area (Å²) in [6.07, 6.45) is 12.5. The van der Waals surface area contributed by atoms with Gasteiger partial charge in [0.15, 0.2) is 0 Å². The van der Waals surface area contributed by atoms with Crippen LogP contribution < -0.4 is 0 Å². The summed E-state index contributed by atoms with van der Waals surface area (Å²) in [5, 5.41) is 22.6. The number of nitrogens with zero attached hydrogens (tertiary/aromatic N) is 8. The highest BCUT2D eigenvalue weighted by atomic mass is 32.2. The van der Waals surface area contributed by atoms with E-state index in [0.717, 1.165) is 172 Å². The molecule has 0 radical (unpaired) electrons. The van der Waals surface area contributed by atoms with E-state index in [-0.39, 0.29) is 44.2 Å². The van der Waals surface area contributed by atoms with Crippen molar-refractivity contribution in [1.29, 1.82) is 10.5 Å². The van der Waals surface area contributed by atoms with Gasteiger partial charge in [-0.3, -0.25) is 9.59 Å². The third-order valence-electron chi connectivity index (χ3n) is 19.1. The lowest BCUT2D eigenvalue weighted by atomic mass is 9.75. The Morgan fingerprint density at radius 1 is 0.412 bits per heavy atom. The van der Waals surface area contributed by atoms with E-state index in [0.29, 0.717) is 94.0 Å². The van der Waals surface area contributed by atoms with Gasteiger partial charge in [0, 0.05) is 118 Å². The van der Waals surface area contributed by atoms with Crippen LogP contribution in [0.15, 0.2) is 87.2 Å². The average molecular weight is 1470 g/mol. The Bertz CT molecular complexity index is 2970. The van der Waals surface area contributed by atoms with Crippen molar-refractivity contribution in [2.24, 2.45) is 27.1 Å². The molecule has 24 heteroatoms. The number of hydrogen-bond donors (Lipinski definition) is 4. The van der Waals surface area contributed by atoms with Crippen molar-refractivity contribution in [1.82, 2.24) is 19.6 Å². The number of carbonyl (C=O) groups excluding carboxylic acids is 4. The zero-order valence-electron chi connectivity index (χ0n) is 58.2. The number of rotatable bonds is 28. The number of thiol groups is 4. The number of esters is 4. The Balaban J connectivity index is 1.30. The van der Waals surface area contributed by atoms with Crippen LogP contribution in [0.1, 0.15) is 158 Å². The van der Waals surface area contributed by atoms with Gasteiger partial charge in [0.2, 0.25) is 0 Å². The van der Waals surface area contributed by atoms with Crippen molar-refractivity contribution in [2.45, 2.75) is 158 Å². The van der Waals surface area contributed by atoms with Crippen molar-refractivity contribution in [3.05, 3.63) is 110 Å². The maximum absolute atomic E-state index is 15.4. The maximum atomic E-state index is 15.4. The van der Waals surface area contributed by atoms with Gasteiger partial charge in [0.1, 0.15) is 55.1 Å². The van der Waals surface area contributed by atoms with Crippen molar-refractivity contribution < 1.29 is 38.1 Å². The van der Waals surface area contributed by atoms with Gasteiger partial charge in [-0.2, -0.15) is 61.0 Å². The largest absolute Gasteiger partial charge is 0.470 e. The van der Waals surface area contributed by atoms with E-state index in [1.54, 1.807) is 47.0 Å². The molecule has 4 saturated heterocycles. The fourth-order valence-corrected chi connectivity index (χ4v) is 19.8. The number of carbonyl (C=O) groups is 4. The highest BCUT2D eigenvalue weighted by Gasteiger charge is 2.45. The fraction of sp³-hybridized carbons (Fsp3) is 0.671. The van der Waals surface area contributed by atoms with E-state index in [1.165, 1.54) is 0 Å². The third-order valence-corrected chi connectivity index (χ3v) is 25.9. The monoisotopic (exact) mass is 1470 g/mol. The average Bonchev–Trinajstić information content (AvgIpc) is 1.49. The van der Waals surface area contributed by atoms with Crippen LogP contribution >= 0.6 is 97.6 Å². The van der Waals surface area contributed by atoms with E-state index in [9.17, 15) is 10.5 Å². The summed E-state index contributed by atoms with van der Waals surface area (Å²) >= 11 is 24.5. The standard InChI is InChI=1S/C73H100N8O8S8/c1-69(2)35-49(61(94-31-27-90)55(39-69)78-19-11-12-20-78)53(43-74)65(82)86-45-73(46-87-66(83)54(44-75)50-36-70(3,4)40-56(62(50)95-32-28-91)79-21-13-14-22-79,47-88-67(84)59(76-9)51-37-71(5,6)41-57(63(51)96-33-29-92)80-23-15-16-24-80)48-89-68(85)60(77-10)52-38-72(7,8)42-58(64(52)97-34-30-93)81-25-17-18-26-81/h90-93H,11-42,45-48H2,1-8H3/b53-49+,54-50+,59-51-,60-52+. The molecule has 8 aliphatic rings. The molecule has 0 bridgehead atoms. The number of nitriles is 2. The number of thioether (sulfide) groups is 4. The van der Waals surface area contributed by atoms with E-state index < -0.39 is 55.7 Å². The summed E-state index contributed by atoms with van der Waals surface area (Å²) in [4.78, 5) is 82.1. The van der Waals surface area contributed by atoms with Crippen molar-refractivity contribution in [3.63, 3.8) is 0 Å². The van der Waals surface area contributed by atoms with Gasteiger partial charge in [0.25, 0.3) is 11.4 Å². The van der Waals surface area contributed by atoms with E-state index >= 15 is 19.2 Å². The highest BCUT2D eigenvalue weighted by molar-refractivity contribution is 8.04. The molecule has 0 aromatic rings. The molecule has 0 aromatic heterocycles. The van der Waals surface area contributed by atoms with Crippen LogP contribution in [0.2, 0.25) is 0 Å². The Morgan fingerprint density at radius 3 is 0.866 bits per heavy atom. The molecule has 528 valence electrons. The van der Waals surface area contributed by atoms with Crippen LogP contribution in [0, 0.1) is 62.9 Å². The molecule has 4 aliphatic heterocycles. The van der Waals surface area contributed by atoms with Gasteiger partial charge < -0.3 is 38.5 Å². The van der Waals surface area contributed by atoms with Crippen LogP contribution in [0.5, 0.6) is 0 Å². The lowest BCUT2D eigenvalue weighted by Gasteiger charge is -2.39. The van der Waals surface area contributed by atoms with Gasteiger partial charge in [0.05, 0.1) is 13.1 Å². The summed E-state index contributed by atoms with van der Waals surface area (Å²) in [5.41, 5.74) is 2.00. The first kappa shape index (κ1) is 78.5. The third kappa shape index (κ3) is 20.1. The van der Waals surface area contributed by atoms with Gasteiger partial charge in [-0.15, -0.1) is 47.0 Å². The lowest BCUT2D eigenvalue weighted by molar-refractivity contribution is -0.165. The summed E-state index contributed by atoms with van der Waals surface area (Å²) in [6, 6.07) is 4.47. The molecule has 0 spiro atoms. The predicted molar refractivity (Wildman–Crippen MR) is 407 cm³/mol. The molecule has 4 fully saturated rings. The topological polar surface area (TPSA) is 174 Å². The molecule has 0 aromatic carbocycles. The molecule has 0 N–H and O–H groups in total. The van der Waals surface area contributed by atoms with Gasteiger partial charge in [-0.1, -0.05) is 55.4 Å². The minimum Gasteiger partial charge on any atom is -0.470 e. The normalized spacial score (nSPS) is 23.0. The van der Waals surface area contributed by atoms with Crippen LogP contribution in [0.4, 0.5) is 0 Å². The molecule has 16 nitrogen and oxygen atoms in total. The molecule has 0 unspecified atom stereocenters. The van der Waals surface area contributed by atoms with E-state index in [1.807, 2.05) is 0 Å². The highest BCUT2D eigenvalue weighted by Crippen LogP contribution is 2.53. The smallest absolute Gasteiger partial charge is 0.349 e. The number of hydrogen-bond acceptors (Lipinski definition) is 22. The number of likely N-dealkylation sites (tertiary alicyclic amines) is 4. The Kier molecular flexibility index (Phi) is 28.8. The second-order valence-corrected chi connectivity index (χ2v) is 36.1. The molecule has 4 heterocycles. The molecule has 8 rings (SSSR count). The first-order valence-electron chi connectivity index (χ1n) is 34.4. The Hall–Kier alpha value is -4.24. The Labute approximate surface area is 617 Å². The minimum absolute atomic E-state index is 0.229. The second-order valence-electron chi connectivity index (χ2n) is 29.9. The van der Waals surface area contributed by atoms with Gasteiger partial charge >= 0.3 is 23.9 Å². The van der Waals surface area contributed by atoms with Gasteiger partial charge in [-0.05, 0) is 170 Å². The molecule has 4 aliphatic carbocycles. The Morgan fingerprint density at radius 2 is 0.639 bits per heavy atom. The van der Waals surface area contributed by atoms with Gasteiger partial charge in [-0.25, -0.2) is 19.3 Å². The first-order valence-corrected chi connectivity index (χ1v) is 40.8. The lowest BCUT2D eigenvalue weighted by Crippen LogP contribution is -2.44. The quantitative estimate of drug-likeness (QED) is 0.0145. The number of ether oxygens (including phenoxy) is 4. The summed E-state index contributed by atoms with van der Waals surface area (Å²) in [6.45, 7) is 38.2. The SMILES string of the molecule is [C-]#[N+]/C(C(=O)OCC(COC(=O)/C(C#N)=C1\CC(C)(C)CC(N2CCCC2)=C1SCCS)(COC(=O)/C(C#N)=C1\CC(C)(C)CC(N2CCCC2)=C1SCCS)COC(=O)/C([N+]#[C-])=C1/CC(C)(C)CC(N2CCCC2)=C1SCCS)=C1/CC(C)(C)CC(N2CCCC2)=C1SCCS. The second kappa shape index (κ2) is 35.6. The van der Waals surface area contributed by atoms with Crippen molar-refractivity contribution in [3.8, 4) is 12.1 Å². The molecule has 97 heavy (non-hydrogen) atoms. The minimum atomic E-state index is -2.02. The maximum Gasteiger partial charge on any atom is 0.349 e. The molecular formula is C73H100N8O8S8. The summed E-state index contributed by atoms with van der Waals surface area (Å²) < 4.78 is 25.7. The van der Waals surface area contributed by atoms with Crippen molar-refractivity contribution in [2.75, 3.05) is 125 Å².